The van der Waals surface area contributed by atoms with Gasteiger partial charge in [-0.25, -0.2) is 0 Å². The zero-order chi connectivity index (χ0) is 13.0. The lowest BCUT2D eigenvalue weighted by Gasteiger charge is -2.20. The molecule has 2 amide bonds. The van der Waals surface area contributed by atoms with Crippen LogP contribution in [0.2, 0.25) is 0 Å². The van der Waals surface area contributed by atoms with Gasteiger partial charge in [-0.2, -0.15) is 0 Å². The highest BCUT2D eigenvalue weighted by molar-refractivity contribution is 5.93. The number of hydrogen-bond donors (Lipinski definition) is 1. The summed E-state index contributed by atoms with van der Waals surface area (Å²) in [4.78, 5) is 28.8. The molecule has 0 unspecified atom stereocenters. The highest BCUT2D eigenvalue weighted by atomic mass is 16.2. The minimum Gasteiger partial charge on any atom is -0.350 e. The summed E-state index contributed by atoms with van der Waals surface area (Å²) < 4.78 is 0. The number of pyridine rings is 1. The molecular weight excluding hydrogens is 230 g/mol. The maximum absolute atomic E-state index is 11.7. The molecule has 0 saturated heterocycles. The molecule has 1 fully saturated rings. The van der Waals surface area contributed by atoms with Gasteiger partial charge < -0.3 is 10.2 Å². The molecule has 0 atom stereocenters. The van der Waals surface area contributed by atoms with Crippen LogP contribution in [0.15, 0.2) is 24.5 Å². The van der Waals surface area contributed by atoms with Crippen molar-refractivity contribution in [1.29, 1.82) is 0 Å². The second-order valence-electron chi connectivity index (χ2n) is 4.44. The molecule has 5 heteroatoms. The summed E-state index contributed by atoms with van der Waals surface area (Å²) in [7, 11) is 0. The zero-order valence-corrected chi connectivity index (χ0v) is 10.4. The highest BCUT2D eigenvalue weighted by Crippen LogP contribution is 2.26. The van der Waals surface area contributed by atoms with E-state index in [1.54, 1.807) is 25.3 Å². The van der Waals surface area contributed by atoms with Crippen LogP contribution >= 0.6 is 0 Å². The predicted molar refractivity (Wildman–Crippen MR) is 67.0 cm³/mol. The number of hydrogen-bond acceptors (Lipinski definition) is 3. The Balaban J connectivity index is 1.78. The van der Waals surface area contributed by atoms with E-state index in [9.17, 15) is 9.59 Å². The molecule has 1 aromatic heterocycles. The van der Waals surface area contributed by atoms with E-state index < -0.39 is 0 Å². The SMILES string of the molecule is CC(=O)N(CCNC(=O)c1cccnc1)C1CC1. The molecule has 1 aliphatic carbocycles. The van der Waals surface area contributed by atoms with E-state index in [4.69, 9.17) is 0 Å². The van der Waals surface area contributed by atoms with E-state index >= 15 is 0 Å². The van der Waals surface area contributed by atoms with Crippen LogP contribution in [0.1, 0.15) is 30.1 Å². The van der Waals surface area contributed by atoms with Gasteiger partial charge in [-0.05, 0) is 25.0 Å². The Hall–Kier alpha value is -1.91. The lowest BCUT2D eigenvalue weighted by molar-refractivity contribution is -0.129. The first-order valence-corrected chi connectivity index (χ1v) is 6.14. The Morgan fingerprint density at radius 1 is 1.50 bits per heavy atom. The van der Waals surface area contributed by atoms with E-state index in [-0.39, 0.29) is 11.8 Å². The minimum atomic E-state index is -0.151. The molecular formula is C13H17N3O2. The third kappa shape index (κ3) is 3.29. The first-order chi connectivity index (χ1) is 8.68. The normalized spacial score (nSPS) is 14.1. The number of carbonyl (C=O) groups is 2. The van der Waals surface area contributed by atoms with Crippen LogP contribution in [0.25, 0.3) is 0 Å². The first kappa shape index (κ1) is 12.5. The van der Waals surface area contributed by atoms with E-state index in [2.05, 4.69) is 10.3 Å². The summed E-state index contributed by atoms with van der Waals surface area (Å²) in [5.74, 6) is -0.0736. The van der Waals surface area contributed by atoms with Crippen LogP contribution in [0.5, 0.6) is 0 Å². The first-order valence-electron chi connectivity index (χ1n) is 6.14. The molecule has 0 aliphatic heterocycles. The number of nitrogens with zero attached hydrogens (tertiary/aromatic N) is 2. The maximum Gasteiger partial charge on any atom is 0.252 e. The summed E-state index contributed by atoms with van der Waals surface area (Å²) in [5.41, 5.74) is 0.540. The van der Waals surface area contributed by atoms with Gasteiger partial charge >= 0.3 is 0 Å². The molecule has 0 spiro atoms. The van der Waals surface area contributed by atoms with Crippen molar-refractivity contribution >= 4 is 11.8 Å². The zero-order valence-electron chi connectivity index (χ0n) is 10.4. The lowest BCUT2D eigenvalue weighted by atomic mass is 10.3. The molecule has 1 N–H and O–H groups in total. The number of nitrogens with one attached hydrogen (secondary N) is 1. The topological polar surface area (TPSA) is 62.3 Å². The highest BCUT2D eigenvalue weighted by Gasteiger charge is 2.30. The van der Waals surface area contributed by atoms with Gasteiger partial charge in [0.15, 0.2) is 0 Å². The molecule has 5 nitrogen and oxygen atoms in total. The van der Waals surface area contributed by atoms with Crippen LogP contribution in [-0.4, -0.2) is 40.8 Å². The van der Waals surface area contributed by atoms with Crippen LogP contribution in [0, 0.1) is 0 Å². The van der Waals surface area contributed by atoms with Gasteiger partial charge in [0.1, 0.15) is 0 Å². The number of amides is 2. The molecule has 1 aromatic rings. The van der Waals surface area contributed by atoms with Crippen molar-refractivity contribution in [3.63, 3.8) is 0 Å². The van der Waals surface area contributed by atoms with Crippen molar-refractivity contribution in [3.8, 4) is 0 Å². The van der Waals surface area contributed by atoms with Gasteiger partial charge in [-0.1, -0.05) is 0 Å². The Morgan fingerprint density at radius 2 is 2.28 bits per heavy atom. The van der Waals surface area contributed by atoms with Crippen LogP contribution in [0.3, 0.4) is 0 Å². The maximum atomic E-state index is 11.7. The van der Waals surface area contributed by atoms with E-state index in [0.717, 1.165) is 12.8 Å². The van der Waals surface area contributed by atoms with Gasteiger partial charge in [0.05, 0.1) is 5.56 Å². The Morgan fingerprint density at radius 3 is 2.83 bits per heavy atom. The van der Waals surface area contributed by atoms with Crippen molar-refractivity contribution in [3.05, 3.63) is 30.1 Å². The van der Waals surface area contributed by atoms with Gasteiger partial charge in [-0.3, -0.25) is 14.6 Å². The number of rotatable bonds is 5. The summed E-state index contributed by atoms with van der Waals surface area (Å²) >= 11 is 0. The molecule has 1 saturated carbocycles. The predicted octanol–water partition coefficient (Wildman–Crippen LogP) is 0.822. The lowest BCUT2D eigenvalue weighted by Crippen LogP contribution is -2.38. The van der Waals surface area contributed by atoms with Gasteiger partial charge in [0, 0.05) is 38.4 Å². The van der Waals surface area contributed by atoms with Crippen molar-refractivity contribution < 1.29 is 9.59 Å². The van der Waals surface area contributed by atoms with Crippen molar-refractivity contribution in [1.82, 2.24) is 15.2 Å². The third-order valence-electron chi connectivity index (χ3n) is 2.95. The molecule has 96 valence electrons. The second kappa shape index (κ2) is 5.62. The van der Waals surface area contributed by atoms with Crippen molar-refractivity contribution in [2.75, 3.05) is 13.1 Å². The van der Waals surface area contributed by atoms with Gasteiger partial charge in [0.25, 0.3) is 5.91 Å². The van der Waals surface area contributed by atoms with E-state index in [0.29, 0.717) is 24.7 Å². The fourth-order valence-corrected chi connectivity index (χ4v) is 1.87. The minimum absolute atomic E-state index is 0.0770. The van der Waals surface area contributed by atoms with Crippen LogP contribution in [0.4, 0.5) is 0 Å². The molecule has 18 heavy (non-hydrogen) atoms. The third-order valence-corrected chi connectivity index (χ3v) is 2.95. The Kier molecular flexibility index (Phi) is 3.92. The summed E-state index contributed by atoms with van der Waals surface area (Å²) in [6, 6.07) is 3.82. The summed E-state index contributed by atoms with van der Waals surface area (Å²) in [6.45, 7) is 2.62. The Labute approximate surface area is 106 Å². The van der Waals surface area contributed by atoms with Gasteiger partial charge in [-0.15, -0.1) is 0 Å². The summed E-state index contributed by atoms with van der Waals surface area (Å²) in [5, 5.41) is 2.79. The molecule has 0 radical (unpaired) electrons. The number of carbonyl (C=O) groups excluding carboxylic acids is 2. The quantitative estimate of drug-likeness (QED) is 0.838. The van der Waals surface area contributed by atoms with E-state index in [1.807, 2.05) is 4.90 Å². The molecule has 0 aromatic carbocycles. The Bertz CT molecular complexity index is 429. The molecule has 1 heterocycles. The van der Waals surface area contributed by atoms with Crippen molar-refractivity contribution in [2.45, 2.75) is 25.8 Å². The molecule has 2 rings (SSSR count). The fourth-order valence-electron chi connectivity index (χ4n) is 1.87. The average Bonchev–Trinajstić information content (AvgIpc) is 3.19. The molecule has 1 aliphatic rings. The fraction of sp³-hybridized carbons (Fsp3) is 0.462. The van der Waals surface area contributed by atoms with Crippen LogP contribution in [-0.2, 0) is 4.79 Å². The monoisotopic (exact) mass is 247 g/mol. The van der Waals surface area contributed by atoms with E-state index in [1.165, 1.54) is 6.20 Å². The molecule has 0 bridgehead atoms. The van der Waals surface area contributed by atoms with Crippen LogP contribution < -0.4 is 5.32 Å². The summed E-state index contributed by atoms with van der Waals surface area (Å²) in [6.07, 6.45) is 5.31. The second-order valence-corrected chi connectivity index (χ2v) is 4.44. The smallest absolute Gasteiger partial charge is 0.252 e. The largest absolute Gasteiger partial charge is 0.350 e. The van der Waals surface area contributed by atoms with Crippen molar-refractivity contribution in [2.24, 2.45) is 0 Å². The standard InChI is InChI=1S/C13H17N3O2/c1-10(17)16(12-4-5-12)8-7-15-13(18)11-3-2-6-14-9-11/h2-3,6,9,12H,4-5,7-8H2,1H3,(H,15,18). The average molecular weight is 247 g/mol. The number of aromatic nitrogens is 1. The van der Waals surface area contributed by atoms with Gasteiger partial charge in [0.2, 0.25) is 5.91 Å².